The minimum Gasteiger partial charge on any atom is -0.497 e. The number of methoxy groups -OCH3 is 1. The van der Waals surface area contributed by atoms with E-state index >= 15 is 0 Å². The third-order valence-corrected chi connectivity index (χ3v) is 6.35. The molecule has 21 heavy (non-hydrogen) atoms. The SMILES string of the molecule is CCC(C)(C)N(C)S(=O)(=O)c1ccc(OC)cc1CCCl. The summed E-state index contributed by atoms with van der Waals surface area (Å²) >= 11 is 5.80. The molecule has 1 aromatic carbocycles. The molecular weight excluding hydrogens is 310 g/mol. The van der Waals surface area contributed by atoms with Gasteiger partial charge in [-0.15, -0.1) is 11.6 Å². The van der Waals surface area contributed by atoms with Gasteiger partial charge in [-0.3, -0.25) is 0 Å². The van der Waals surface area contributed by atoms with Crippen molar-refractivity contribution in [2.75, 3.05) is 20.0 Å². The van der Waals surface area contributed by atoms with Crippen LogP contribution in [-0.2, 0) is 16.4 Å². The predicted octanol–water partition coefficient (Wildman–Crippen LogP) is 3.29. The van der Waals surface area contributed by atoms with Crippen LogP contribution in [0.5, 0.6) is 5.75 Å². The first-order valence-electron chi connectivity index (χ1n) is 6.92. The van der Waals surface area contributed by atoms with Crippen LogP contribution in [0.25, 0.3) is 0 Å². The van der Waals surface area contributed by atoms with Crippen LogP contribution in [0.15, 0.2) is 23.1 Å². The van der Waals surface area contributed by atoms with Crippen LogP contribution in [0, 0.1) is 0 Å². The lowest BCUT2D eigenvalue weighted by atomic mass is 10.0. The Hall–Kier alpha value is -0.780. The molecule has 0 fully saturated rings. The molecule has 0 bridgehead atoms. The quantitative estimate of drug-likeness (QED) is 0.719. The highest BCUT2D eigenvalue weighted by molar-refractivity contribution is 7.89. The van der Waals surface area contributed by atoms with Gasteiger partial charge in [0.2, 0.25) is 10.0 Å². The van der Waals surface area contributed by atoms with E-state index in [0.29, 0.717) is 28.5 Å². The fraction of sp³-hybridized carbons (Fsp3) is 0.600. The number of nitrogens with zero attached hydrogens (tertiary/aromatic N) is 1. The average Bonchev–Trinajstić information content (AvgIpc) is 2.46. The third-order valence-electron chi connectivity index (χ3n) is 3.99. The molecule has 4 nitrogen and oxygen atoms in total. The maximum atomic E-state index is 12.9. The van der Waals surface area contributed by atoms with Crippen molar-refractivity contribution in [3.8, 4) is 5.75 Å². The fourth-order valence-corrected chi connectivity index (χ4v) is 3.94. The number of sulfonamides is 1. The van der Waals surface area contributed by atoms with Crippen molar-refractivity contribution in [1.29, 1.82) is 0 Å². The van der Waals surface area contributed by atoms with Crippen molar-refractivity contribution in [1.82, 2.24) is 4.31 Å². The lowest BCUT2D eigenvalue weighted by Gasteiger charge is -2.34. The topological polar surface area (TPSA) is 46.6 Å². The molecule has 0 aliphatic rings. The van der Waals surface area contributed by atoms with E-state index in [9.17, 15) is 8.42 Å². The number of rotatable bonds is 7. The van der Waals surface area contributed by atoms with Crippen molar-refractivity contribution < 1.29 is 13.2 Å². The molecule has 0 radical (unpaired) electrons. The minimum atomic E-state index is -3.57. The first-order chi connectivity index (χ1) is 9.70. The van der Waals surface area contributed by atoms with Gasteiger partial charge in [-0.2, -0.15) is 4.31 Å². The van der Waals surface area contributed by atoms with E-state index in [1.807, 2.05) is 20.8 Å². The highest BCUT2D eigenvalue weighted by Gasteiger charge is 2.33. The van der Waals surface area contributed by atoms with Crippen molar-refractivity contribution in [2.24, 2.45) is 0 Å². The van der Waals surface area contributed by atoms with Gasteiger partial charge in [0.25, 0.3) is 0 Å². The lowest BCUT2D eigenvalue weighted by molar-refractivity contribution is 0.257. The van der Waals surface area contributed by atoms with E-state index in [2.05, 4.69) is 0 Å². The monoisotopic (exact) mass is 333 g/mol. The van der Waals surface area contributed by atoms with Crippen LogP contribution in [0.2, 0.25) is 0 Å². The van der Waals surface area contributed by atoms with Crippen LogP contribution < -0.4 is 4.74 Å². The molecule has 0 aliphatic carbocycles. The third kappa shape index (κ3) is 3.90. The maximum absolute atomic E-state index is 12.9. The van der Waals surface area contributed by atoms with Gasteiger partial charge in [0.1, 0.15) is 5.75 Å². The highest BCUT2D eigenvalue weighted by atomic mass is 35.5. The summed E-state index contributed by atoms with van der Waals surface area (Å²) < 4.78 is 32.3. The molecule has 0 unspecified atom stereocenters. The normalized spacial score (nSPS) is 12.7. The molecule has 0 aliphatic heterocycles. The Morgan fingerprint density at radius 1 is 1.33 bits per heavy atom. The number of hydrogen-bond donors (Lipinski definition) is 0. The zero-order valence-electron chi connectivity index (χ0n) is 13.3. The van der Waals surface area contributed by atoms with Gasteiger partial charge in [0.15, 0.2) is 0 Å². The van der Waals surface area contributed by atoms with Crippen molar-refractivity contribution in [3.63, 3.8) is 0 Å². The number of aryl methyl sites for hydroxylation is 1. The van der Waals surface area contributed by atoms with Crippen molar-refractivity contribution in [2.45, 2.75) is 44.0 Å². The standard InChI is InChI=1S/C15H24ClNO3S/c1-6-15(2,3)17(4)21(18,19)14-8-7-13(20-5)11-12(14)9-10-16/h7-8,11H,6,9-10H2,1-5H3. The first kappa shape index (κ1) is 18.3. The van der Waals surface area contributed by atoms with Gasteiger partial charge >= 0.3 is 0 Å². The molecule has 1 rings (SSSR count). The molecule has 0 heterocycles. The van der Waals surface area contributed by atoms with E-state index in [1.165, 1.54) is 4.31 Å². The summed E-state index contributed by atoms with van der Waals surface area (Å²) in [5.41, 5.74) is 0.236. The molecule has 120 valence electrons. The smallest absolute Gasteiger partial charge is 0.243 e. The van der Waals surface area contributed by atoms with Gasteiger partial charge in [0.05, 0.1) is 12.0 Å². The van der Waals surface area contributed by atoms with Crippen LogP contribution in [-0.4, -0.2) is 38.3 Å². The minimum absolute atomic E-state index is 0.299. The van der Waals surface area contributed by atoms with Gasteiger partial charge in [-0.1, -0.05) is 6.92 Å². The van der Waals surface area contributed by atoms with E-state index in [1.54, 1.807) is 32.4 Å². The Balaban J connectivity index is 3.37. The highest BCUT2D eigenvalue weighted by Crippen LogP contribution is 2.29. The van der Waals surface area contributed by atoms with Gasteiger partial charge < -0.3 is 4.74 Å². The van der Waals surface area contributed by atoms with E-state index in [-0.39, 0.29) is 0 Å². The maximum Gasteiger partial charge on any atom is 0.243 e. The Kier molecular flexibility index (Phi) is 6.08. The number of ether oxygens (including phenoxy) is 1. The molecule has 0 saturated carbocycles. The van der Waals surface area contributed by atoms with Crippen LogP contribution >= 0.6 is 11.6 Å². The van der Waals surface area contributed by atoms with E-state index < -0.39 is 15.6 Å². The molecular formula is C15H24ClNO3S. The zero-order valence-corrected chi connectivity index (χ0v) is 14.9. The molecule has 0 aromatic heterocycles. The summed E-state index contributed by atoms with van der Waals surface area (Å²) in [6.45, 7) is 5.80. The first-order valence-corrected chi connectivity index (χ1v) is 8.90. The number of hydrogen-bond acceptors (Lipinski definition) is 3. The predicted molar refractivity (Wildman–Crippen MR) is 86.7 cm³/mol. The largest absolute Gasteiger partial charge is 0.497 e. The number of benzene rings is 1. The Bertz CT molecular complexity index is 585. The average molecular weight is 334 g/mol. The second-order valence-corrected chi connectivity index (χ2v) is 7.87. The summed E-state index contributed by atoms with van der Waals surface area (Å²) in [5, 5.41) is 0. The summed E-state index contributed by atoms with van der Waals surface area (Å²) in [4.78, 5) is 0.299. The molecule has 0 atom stereocenters. The second-order valence-electron chi connectivity index (χ2n) is 5.55. The van der Waals surface area contributed by atoms with Crippen molar-refractivity contribution in [3.05, 3.63) is 23.8 Å². The van der Waals surface area contributed by atoms with Gasteiger partial charge in [-0.25, -0.2) is 8.42 Å². The summed E-state index contributed by atoms with van der Waals surface area (Å²) in [6, 6.07) is 5.00. The summed E-state index contributed by atoms with van der Waals surface area (Å²) in [7, 11) is -0.393. The van der Waals surface area contributed by atoms with E-state index in [4.69, 9.17) is 16.3 Å². The van der Waals surface area contributed by atoms with Gasteiger partial charge in [0, 0.05) is 18.5 Å². The van der Waals surface area contributed by atoms with Crippen LogP contribution in [0.3, 0.4) is 0 Å². The van der Waals surface area contributed by atoms with Crippen LogP contribution in [0.4, 0.5) is 0 Å². The number of halogens is 1. The molecule has 1 aromatic rings. The second kappa shape index (κ2) is 6.99. The van der Waals surface area contributed by atoms with Gasteiger partial charge in [-0.05, 0) is 50.5 Å². The zero-order chi connectivity index (χ0) is 16.3. The number of alkyl halides is 1. The molecule has 0 spiro atoms. The Morgan fingerprint density at radius 3 is 2.43 bits per heavy atom. The molecule has 0 amide bonds. The lowest BCUT2D eigenvalue weighted by Crippen LogP contribution is -2.44. The van der Waals surface area contributed by atoms with E-state index in [0.717, 1.165) is 6.42 Å². The Labute approximate surface area is 133 Å². The molecule has 6 heteroatoms. The van der Waals surface area contributed by atoms with Crippen LogP contribution in [0.1, 0.15) is 32.8 Å². The summed E-state index contributed by atoms with van der Waals surface area (Å²) in [6.07, 6.45) is 1.21. The Morgan fingerprint density at radius 2 is 1.95 bits per heavy atom. The molecule has 0 N–H and O–H groups in total. The van der Waals surface area contributed by atoms with Crippen molar-refractivity contribution >= 4 is 21.6 Å². The molecule has 0 saturated heterocycles. The summed E-state index contributed by atoms with van der Waals surface area (Å²) in [5.74, 6) is 0.989. The fourth-order valence-electron chi connectivity index (χ4n) is 1.93.